The van der Waals surface area contributed by atoms with Gasteiger partial charge in [0.05, 0.1) is 11.1 Å². The molecule has 10 heteroatoms. The number of rotatable bonds is 3. The molecule has 0 spiro atoms. The molecule has 0 aliphatic heterocycles. The summed E-state index contributed by atoms with van der Waals surface area (Å²) in [7, 11) is 0. The highest BCUT2D eigenvalue weighted by atomic mass is 19.4. The van der Waals surface area contributed by atoms with Crippen LogP contribution in [0.3, 0.4) is 0 Å². The summed E-state index contributed by atoms with van der Waals surface area (Å²) in [5.74, 6) is -1.37. The Kier molecular flexibility index (Phi) is 4.34. The number of aryl methyl sites for hydroxylation is 1. The Hall–Kier alpha value is -3.43. The van der Waals surface area contributed by atoms with Crippen molar-refractivity contribution >= 4 is 5.97 Å². The van der Waals surface area contributed by atoms with Gasteiger partial charge in [0.15, 0.2) is 0 Å². The largest absolute Gasteiger partial charge is 0.477 e. The molecule has 0 fully saturated rings. The fourth-order valence-electron chi connectivity index (χ4n) is 2.61. The third kappa shape index (κ3) is 3.33. The second-order valence-electron chi connectivity index (χ2n) is 5.68. The molecule has 3 rings (SSSR count). The van der Waals surface area contributed by atoms with Crippen molar-refractivity contribution in [3.05, 3.63) is 63.4 Å². The second kappa shape index (κ2) is 6.38. The predicted octanol–water partition coefficient (Wildman–Crippen LogP) is 3.22. The Morgan fingerprint density at radius 3 is 2.44 bits per heavy atom. The van der Waals surface area contributed by atoms with Crippen molar-refractivity contribution < 1.29 is 27.5 Å². The summed E-state index contributed by atoms with van der Waals surface area (Å²) in [6.45, 7) is 2.97. The summed E-state index contributed by atoms with van der Waals surface area (Å²) >= 11 is 0. The number of carbonyl (C=O) groups is 1. The lowest BCUT2D eigenvalue weighted by molar-refractivity contribution is -0.137. The molecule has 7 nitrogen and oxygen atoms in total. The Bertz CT molecular complexity index is 1100. The molecule has 0 unspecified atom stereocenters. The Balaban J connectivity index is 2.34. The average molecular weight is 379 g/mol. The highest BCUT2D eigenvalue weighted by Crippen LogP contribution is 2.31. The fourth-order valence-corrected chi connectivity index (χ4v) is 2.61. The van der Waals surface area contributed by atoms with E-state index >= 15 is 0 Å². The first-order valence-electron chi connectivity index (χ1n) is 7.57. The molecule has 0 saturated carbocycles. The highest BCUT2D eigenvalue weighted by molar-refractivity contribution is 5.89. The average Bonchev–Trinajstić information content (AvgIpc) is 3.00. The zero-order valence-electron chi connectivity index (χ0n) is 14.0. The van der Waals surface area contributed by atoms with E-state index in [1.54, 1.807) is 0 Å². The minimum Gasteiger partial charge on any atom is -0.477 e. The topological polar surface area (TPSA) is 98.2 Å². The number of aromatic carboxylic acids is 1. The molecule has 0 aliphatic rings. The van der Waals surface area contributed by atoms with E-state index < -0.39 is 28.8 Å². The number of hydrogen-bond acceptors (Lipinski definition) is 5. The predicted molar refractivity (Wildman–Crippen MR) is 86.8 cm³/mol. The van der Waals surface area contributed by atoms with Gasteiger partial charge >= 0.3 is 12.1 Å². The molecule has 27 heavy (non-hydrogen) atoms. The minimum absolute atomic E-state index is 0.0479. The van der Waals surface area contributed by atoms with Crippen molar-refractivity contribution in [2.75, 3.05) is 0 Å². The molecule has 1 N–H and O–H groups in total. The molecule has 3 aromatic rings. The van der Waals surface area contributed by atoms with Gasteiger partial charge in [-0.2, -0.15) is 13.2 Å². The SMILES string of the molecule is Cc1nnc(-c2cc(C(=O)O)c(=O)n(-c3cccc(C(F)(F)F)c3)c2C)o1. The maximum atomic E-state index is 13.0. The smallest absolute Gasteiger partial charge is 0.416 e. The van der Waals surface area contributed by atoms with E-state index in [0.29, 0.717) is 0 Å². The first kappa shape index (κ1) is 18.4. The molecule has 0 atom stereocenters. The highest BCUT2D eigenvalue weighted by Gasteiger charge is 2.31. The number of hydrogen-bond donors (Lipinski definition) is 1. The third-order valence-electron chi connectivity index (χ3n) is 3.87. The summed E-state index contributed by atoms with van der Waals surface area (Å²) < 4.78 is 45.2. The van der Waals surface area contributed by atoms with Crippen LogP contribution in [0.5, 0.6) is 0 Å². The Labute approximate surface area is 149 Å². The normalized spacial score (nSPS) is 11.6. The quantitative estimate of drug-likeness (QED) is 0.750. The van der Waals surface area contributed by atoms with Gasteiger partial charge in [0.25, 0.3) is 5.56 Å². The minimum atomic E-state index is -4.62. The number of aromatic nitrogens is 3. The summed E-state index contributed by atoms with van der Waals surface area (Å²) in [4.78, 5) is 24.1. The van der Waals surface area contributed by atoms with Crippen molar-refractivity contribution in [2.45, 2.75) is 20.0 Å². The lowest BCUT2D eigenvalue weighted by Crippen LogP contribution is -2.27. The van der Waals surface area contributed by atoms with Crippen molar-refractivity contribution in [3.63, 3.8) is 0 Å². The van der Waals surface area contributed by atoms with Gasteiger partial charge < -0.3 is 9.52 Å². The molecule has 2 heterocycles. The number of halogens is 3. The van der Waals surface area contributed by atoms with E-state index in [2.05, 4.69) is 10.2 Å². The maximum absolute atomic E-state index is 13.0. The van der Waals surface area contributed by atoms with E-state index in [1.165, 1.54) is 19.9 Å². The van der Waals surface area contributed by atoms with Gasteiger partial charge in [0, 0.05) is 18.3 Å². The first-order chi connectivity index (χ1) is 12.6. The number of benzene rings is 1. The van der Waals surface area contributed by atoms with Gasteiger partial charge in [-0.1, -0.05) is 6.07 Å². The summed E-state index contributed by atoms with van der Waals surface area (Å²) in [5.41, 5.74) is -2.42. The number of nitrogens with zero attached hydrogens (tertiary/aromatic N) is 3. The van der Waals surface area contributed by atoms with Crippen LogP contribution in [0.15, 0.2) is 39.5 Å². The maximum Gasteiger partial charge on any atom is 0.416 e. The van der Waals surface area contributed by atoms with Gasteiger partial charge in [0.1, 0.15) is 5.56 Å². The molecule has 2 aromatic heterocycles. The summed E-state index contributed by atoms with van der Waals surface area (Å²) in [5, 5.41) is 16.8. The molecule has 0 bridgehead atoms. The first-order valence-corrected chi connectivity index (χ1v) is 7.57. The van der Waals surface area contributed by atoms with Gasteiger partial charge in [-0.05, 0) is 31.2 Å². The van der Waals surface area contributed by atoms with Crippen LogP contribution < -0.4 is 5.56 Å². The molecule has 1 aromatic carbocycles. The van der Waals surface area contributed by atoms with Crippen LogP contribution in [0.1, 0.15) is 27.5 Å². The van der Waals surface area contributed by atoms with Gasteiger partial charge in [-0.3, -0.25) is 9.36 Å². The molecule has 140 valence electrons. The molecule has 0 aliphatic carbocycles. The fraction of sp³-hybridized carbons (Fsp3) is 0.176. The van der Waals surface area contributed by atoms with Crippen LogP contribution in [0.25, 0.3) is 17.1 Å². The second-order valence-corrected chi connectivity index (χ2v) is 5.68. The standard InChI is InChI=1S/C17H12F3N3O4/c1-8-12(14-22-21-9(2)27-14)7-13(16(25)26)15(24)23(8)11-5-3-4-10(6-11)17(18,19)20/h3-7H,1-2H3,(H,25,26). The van der Waals surface area contributed by atoms with E-state index in [9.17, 15) is 27.9 Å². The van der Waals surface area contributed by atoms with E-state index in [-0.39, 0.29) is 28.7 Å². The van der Waals surface area contributed by atoms with Gasteiger partial charge in [-0.15, -0.1) is 10.2 Å². The lowest BCUT2D eigenvalue weighted by Gasteiger charge is -2.15. The molecular weight excluding hydrogens is 367 g/mol. The summed E-state index contributed by atoms with van der Waals surface area (Å²) in [6.07, 6.45) is -4.62. The van der Waals surface area contributed by atoms with Gasteiger partial charge in [0.2, 0.25) is 11.8 Å². The number of carboxylic acids is 1. The van der Waals surface area contributed by atoms with Crippen LogP contribution in [0.2, 0.25) is 0 Å². The van der Waals surface area contributed by atoms with E-state index in [4.69, 9.17) is 4.42 Å². The monoisotopic (exact) mass is 379 g/mol. The van der Waals surface area contributed by atoms with Crippen molar-refractivity contribution in [1.82, 2.24) is 14.8 Å². The molecule has 0 radical (unpaired) electrons. The van der Waals surface area contributed by atoms with E-state index in [0.717, 1.165) is 28.8 Å². The molecule has 0 amide bonds. The van der Waals surface area contributed by atoms with Crippen molar-refractivity contribution in [1.29, 1.82) is 0 Å². The third-order valence-corrected chi connectivity index (χ3v) is 3.87. The Morgan fingerprint density at radius 2 is 1.89 bits per heavy atom. The van der Waals surface area contributed by atoms with Gasteiger partial charge in [-0.25, -0.2) is 4.79 Å². The number of carboxylic acid groups (broad SMARTS) is 1. The van der Waals surface area contributed by atoms with Crippen LogP contribution >= 0.6 is 0 Å². The van der Waals surface area contributed by atoms with E-state index in [1.807, 2.05) is 0 Å². The molecule has 0 saturated heterocycles. The van der Waals surface area contributed by atoms with Crippen molar-refractivity contribution in [2.24, 2.45) is 0 Å². The zero-order valence-corrected chi connectivity index (χ0v) is 14.0. The van der Waals surface area contributed by atoms with Crippen LogP contribution in [-0.2, 0) is 6.18 Å². The Morgan fingerprint density at radius 1 is 1.19 bits per heavy atom. The van der Waals surface area contributed by atoms with Crippen LogP contribution in [0, 0.1) is 13.8 Å². The zero-order chi connectivity index (χ0) is 19.9. The van der Waals surface area contributed by atoms with Crippen LogP contribution in [-0.4, -0.2) is 25.8 Å². The number of pyridine rings is 1. The number of alkyl halides is 3. The lowest BCUT2D eigenvalue weighted by atomic mass is 10.1. The molecular formula is C17H12F3N3O4. The summed E-state index contributed by atoms with van der Waals surface area (Å²) in [6, 6.07) is 5.10. The van der Waals surface area contributed by atoms with Crippen LogP contribution in [0.4, 0.5) is 13.2 Å². The van der Waals surface area contributed by atoms with Crippen molar-refractivity contribution in [3.8, 4) is 17.1 Å².